The van der Waals surface area contributed by atoms with E-state index in [0.29, 0.717) is 16.3 Å². The van der Waals surface area contributed by atoms with Gasteiger partial charge in [0.1, 0.15) is 6.26 Å². The van der Waals surface area contributed by atoms with Gasteiger partial charge in [-0.05, 0) is 24.3 Å². The predicted molar refractivity (Wildman–Crippen MR) is 57.8 cm³/mol. The Morgan fingerprint density at radius 1 is 1.07 bits per heavy atom. The molecule has 0 radical (unpaired) electrons. The van der Waals surface area contributed by atoms with E-state index in [9.17, 15) is 4.79 Å². The molecule has 0 aliphatic carbocycles. The van der Waals surface area contributed by atoms with Crippen molar-refractivity contribution in [1.82, 2.24) is 4.98 Å². The molecule has 0 aliphatic heterocycles. The number of fused-ring (bicyclic) bond motifs is 2. The molecule has 1 aromatic carbocycles. The molecule has 0 atom stereocenters. The van der Waals surface area contributed by atoms with Crippen LogP contribution in [0, 0.1) is 0 Å². The summed E-state index contributed by atoms with van der Waals surface area (Å²) in [4.78, 5) is 16.2. The highest BCUT2D eigenvalue weighted by molar-refractivity contribution is 5.90. The van der Waals surface area contributed by atoms with Gasteiger partial charge >= 0.3 is 0 Å². The Morgan fingerprint density at radius 3 is 2.93 bits per heavy atom. The van der Waals surface area contributed by atoms with Gasteiger partial charge in [0.15, 0.2) is 5.43 Å². The molecule has 0 amide bonds. The highest BCUT2D eigenvalue weighted by Gasteiger charge is 2.03. The lowest BCUT2D eigenvalue weighted by Gasteiger charge is -1.87. The summed E-state index contributed by atoms with van der Waals surface area (Å²) in [6.45, 7) is 0. The van der Waals surface area contributed by atoms with Crippen LogP contribution < -0.4 is 5.43 Å². The Balaban J connectivity index is 2.71. The van der Waals surface area contributed by atoms with Crippen molar-refractivity contribution in [3.8, 4) is 0 Å². The summed E-state index contributed by atoms with van der Waals surface area (Å²) in [6, 6.07) is 7.21. The lowest BCUT2D eigenvalue weighted by Crippen LogP contribution is -1.96. The maximum absolute atomic E-state index is 12.0. The Morgan fingerprint density at radius 2 is 2.00 bits per heavy atom. The number of hydrogen-bond acceptors (Lipinski definition) is 3. The zero-order valence-electron chi connectivity index (χ0n) is 7.81. The minimum atomic E-state index is -0.0353. The summed E-state index contributed by atoms with van der Waals surface area (Å²) >= 11 is 0. The van der Waals surface area contributed by atoms with Crippen molar-refractivity contribution in [3.05, 3.63) is 53.2 Å². The number of hydrogen-bond donors (Lipinski definition) is 0. The molecular formula is C12H7NO2. The number of furan rings is 1. The quantitative estimate of drug-likeness (QED) is 0.555. The van der Waals surface area contributed by atoms with Crippen LogP contribution in [0.2, 0.25) is 0 Å². The van der Waals surface area contributed by atoms with Crippen LogP contribution in [0.4, 0.5) is 0 Å². The second-order valence-electron chi connectivity index (χ2n) is 3.34. The van der Waals surface area contributed by atoms with Gasteiger partial charge < -0.3 is 4.42 Å². The first-order valence-electron chi connectivity index (χ1n) is 4.60. The molecule has 3 rings (SSSR count). The molecule has 0 saturated carbocycles. The van der Waals surface area contributed by atoms with Gasteiger partial charge in [-0.15, -0.1) is 0 Å². The third-order valence-corrected chi connectivity index (χ3v) is 2.44. The SMILES string of the molecule is O=c1c2cocc2ccc2ncccc12. The van der Waals surface area contributed by atoms with Crippen LogP contribution in [0.15, 0.2) is 52.2 Å². The fourth-order valence-electron chi connectivity index (χ4n) is 1.68. The summed E-state index contributed by atoms with van der Waals surface area (Å²) in [5, 5.41) is 2.02. The zero-order chi connectivity index (χ0) is 10.3. The first-order chi connectivity index (χ1) is 7.36. The van der Waals surface area contributed by atoms with E-state index in [1.807, 2.05) is 12.1 Å². The van der Waals surface area contributed by atoms with Gasteiger partial charge in [-0.1, -0.05) is 0 Å². The van der Waals surface area contributed by atoms with Gasteiger partial charge in [-0.25, -0.2) is 0 Å². The highest BCUT2D eigenvalue weighted by atomic mass is 16.3. The number of aromatic nitrogens is 1. The zero-order valence-corrected chi connectivity index (χ0v) is 7.81. The van der Waals surface area contributed by atoms with Crippen molar-refractivity contribution < 1.29 is 4.42 Å². The minimum Gasteiger partial charge on any atom is -0.471 e. The van der Waals surface area contributed by atoms with Crippen molar-refractivity contribution in [1.29, 1.82) is 0 Å². The summed E-state index contributed by atoms with van der Waals surface area (Å²) in [5.41, 5.74) is 0.672. The molecule has 0 saturated heterocycles. The third kappa shape index (κ3) is 1.13. The molecule has 0 N–H and O–H groups in total. The Bertz CT molecular complexity index is 700. The summed E-state index contributed by atoms with van der Waals surface area (Å²) in [5.74, 6) is 0. The van der Waals surface area contributed by atoms with E-state index in [4.69, 9.17) is 4.42 Å². The fraction of sp³-hybridized carbons (Fsp3) is 0. The Hall–Kier alpha value is -2.16. The molecule has 3 nitrogen and oxygen atoms in total. The summed E-state index contributed by atoms with van der Waals surface area (Å²) in [6.07, 6.45) is 4.72. The van der Waals surface area contributed by atoms with E-state index in [-0.39, 0.29) is 5.43 Å². The minimum absolute atomic E-state index is 0.0353. The fourth-order valence-corrected chi connectivity index (χ4v) is 1.68. The van der Waals surface area contributed by atoms with Crippen LogP contribution in [-0.2, 0) is 0 Å². The van der Waals surface area contributed by atoms with Crippen LogP contribution in [0.3, 0.4) is 0 Å². The molecule has 2 heterocycles. The lowest BCUT2D eigenvalue weighted by molar-refractivity contribution is 0.572. The van der Waals surface area contributed by atoms with Crippen LogP contribution >= 0.6 is 0 Å². The predicted octanol–water partition coefficient (Wildman–Crippen LogP) is 2.34. The number of rotatable bonds is 0. The smallest absolute Gasteiger partial charge is 0.199 e. The Labute approximate surface area is 85.0 Å². The maximum Gasteiger partial charge on any atom is 0.199 e. The van der Waals surface area contributed by atoms with Gasteiger partial charge in [0.2, 0.25) is 0 Å². The van der Waals surface area contributed by atoms with Crippen LogP contribution in [-0.4, -0.2) is 4.98 Å². The van der Waals surface area contributed by atoms with Crippen molar-refractivity contribution in [3.63, 3.8) is 0 Å². The highest BCUT2D eigenvalue weighted by Crippen LogP contribution is 2.13. The van der Waals surface area contributed by atoms with E-state index in [1.54, 1.807) is 24.6 Å². The summed E-state index contributed by atoms with van der Waals surface area (Å²) < 4.78 is 5.02. The van der Waals surface area contributed by atoms with E-state index in [2.05, 4.69) is 4.98 Å². The molecule has 0 spiro atoms. The first-order valence-corrected chi connectivity index (χ1v) is 4.60. The topological polar surface area (TPSA) is 43.1 Å². The number of nitrogens with zero attached hydrogens (tertiary/aromatic N) is 1. The molecule has 3 heteroatoms. The second-order valence-corrected chi connectivity index (χ2v) is 3.34. The van der Waals surface area contributed by atoms with Gasteiger partial charge in [-0.2, -0.15) is 0 Å². The molecule has 72 valence electrons. The standard InChI is InChI=1S/C12H7NO2/c14-12-9-2-1-5-13-11(9)4-3-8-6-15-7-10(8)12/h1-7H. The summed E-state index contributed by atoms with van der Waals surface area (Å²) in [7, 11) is 0. The van der Waals surface area contributed by atoms with E-state index >= 15 is 0 Å². The normalized spacial score (nSPS) is 10.9. The molecule has 0 aliphatic rings. The molecule has 0 unspecified atom stereocenters. The second kappa shape index (κ2) is 2.92. The molecule has 3 aromatic rings. The monoisotopic (exact) mass is 197 g/mol. The lowest BCUT2D eigenvalue weighted by atomic mass is 10.2. The number of pyridine rings is 1. The van der Waals surface area contributed by atoms with Gasteiger partial charge in [-0.3, -0.25) is 9.78 Å². The van der Waals surface area contributed by atoms with Crippen LogP contribution in [0.5, 0.6) is 0 Å². The third-order valence-electron chi connectivity index (χ3n) is 2.44. The average molecular weight is 197 g/mol. The Kier molecular flexibility index (Phi) is 1.59. The van der Waals surface area contributed by atoms with E-state index < -0.39 is 0 Å². The van der Waals surface area contributed by atoms with Crippen molar-refractivity contribution >= 4 is 21.7 Å². The van der Waals surface area contributed by atoms with Crippen molar-refractivity contribution in [2.24, 2.45) is 0 Å². The van der Waals surface area contributed by atoms with Crippen molar-refractivity contribution in [2.75, 3.05) is 0 Å². The molecular weight excluding hydrogens is 190 g/mol. The van der Waals surface area contributed by atoms with Crippen LogP contribution in [0.25, 0.3) is 21.7 Å². The first kappa shape index (κ1) is 8.17. The van der Waals surface area contributed by atoms with Crippen LogP contribution in [0.1, 0.15) is 0 Å². The average Bonchev–Trinajstić information content (AvgIpc) is 2.69. The molecule has 2 aromatic heterocycles. The largest absolute Gasteiger partial charge is 0.471 e. The van der Waals surface area contributed by atoms with E-state index in [0.717, 1.165) is 5.39 Å². The molecule has 15 heavy (non-hydrogen) atoms. The van der Waals surface area contributed by atoms with Crippen molar-refractivity contribution in [2.45, 2.75) is 0 Å². The van der Waals surface area contributed by atoms with E-state index in [1.165, 1.54) is 6.26 Å². The molecule has 0 fully saturated rings. The van der Waals surface area contributed by atoms with Gasteiger partial charge in [0.25, 0.3) is 0 Å². The maximum atomic E-state index is 12.0. The van der Waals surface area contributed by atoms with Gasteiger partial charge in [0.05, 0.1) is 17.2 Å². The van der Waals surface area contributed by atoms with Gasteiger partial charge in [0, 0.05) is 17.0 Å². The molecule has 0 bridgehead atoms.